The standard InChI is InChI=1S/C21H19N3O4/c1-12-8-4-5-9-14(12)24-19-17(18(22-24)13(2)25)20(26)23(21(19)27)15-10-6-7-11-16(15)28-3/h4-11,19,22H,1-3H3. The van der Waals surface area contributed by atoms with E-state index in [1.807, 2.05) is 31.2 Å². The Bertz CT molecular complexity index is 1040. The molecule has 2 amide bonds. The number of amides is 2. The molecule has 1 saturated heterocycles. The van der Waals surface area contributed by atoms with Crippen LogP contribution in [0, 0.1) is 6.92 Å². The number of para-hydroxylation sites is 3. The quantitative estimate of drug-likeness (QED) is 0.823. The minimum atomic E-state index is -0.919. The number of imide groups is 1. The van der Waals surface area contributed by atoms with Crippen molar-refractivity contribution in [1.82, 2.24) is 5.43 Å². The molecule has 0 bridgehead atoms. The molecule has 1 N–H and O–H groups in total. The molecule has 7 heteroatoms. The molecular formula is C21H19N3O4. The molecule has 0 aliphatic carbocycles. The zero-order valence-electron chi connectivity index (χ0n) is 15.7. The number of ketones is 1. The Hall–Kier alpha value is -3.61. The van der Waals surface area contributed by atoms with Gasteiger partial charge in [0, 0.05) is 6.92 Å². The summed E-state index contributed by atoms with van der Waals surface area (Å²) in [4.78, 5) is 39.9. The summed E-state index contributed by atoms with van der Waals surface area (Å²) in [6.45, 7) is 3.28. The number of fused-ring (bicyclic) bond motifs is 1. The third kappa shape index (κ3) is 2.47. The number of hydrogen-bond donors (Lipinski definition) is 1. The normalized spacial score (nSPS) is 18.5. The van der Waals surface area contributed by atoms with Gasteiger partial charge in [-0.15, -0.1) is 0 Å². The van der Waals surface area contributed by atoms with Crippen LogP contribution in [0.4, 0.5) is 11.4 Å². The smallest absolute Gasteiger partial charge is 0.266 e. The van der Waals surface area contributed by atoms with Crippen LogP contribution in [0.1, 0.15) is 12.5 Å². The summed E-state index contributed by atoms with van der Waals surface area (Å²) in [7, 11) is 1.48. The number of allylic oxidation sites excluding steroid dienone is 1. The van der Waals surface area contributed by atoms with Crippen LogP contribution in [-0.4, -0.2) is 30.7 Å². The van der Waals surface area contributed by atoms with Gasteiger partial charge in [-0.05, 0) is 30.7 Å². The van der Waals surface area contributed by atoms with Gasteiger partial charge in [0.25, 0.3) is 11.8 Å². The molecule has 0 aromatic heterocycles. The van der Waals surface area contributed by atoms with Crippen LogP contribution >= 0.6 is 0 Å². The summed E-state index contributed by atoms with van der Waals surface area (Å²) in [5, 5.41) is 1.59. The topological polar surface area (TPSA) is 79.0 Å². The van der Waals surface area contributed by atoms with Gasteiger partial charge in [0.15, 0.2) is 11.8 Å². The highest BCUT2D eigenvalue weighted by atomic mass is 16.5. The number of hydrogen-bond acceptors (Lipinski definition) is 6. The molecule has 142 valence electrons. The fourth-order valence-electron chi connectivity index (χ4n) is 3.66. The first-order valence-corrected chi connectivity index (χ1v) is 8.83. The number of ether oxygens (including phenoxy) is 1. The molecule has 2 aromatic rings. The van der Waals surface area contributed by atoms with Crippen molar-refractivity contribution in [2.45, 2.75) is 19.9 Å². The van der Waals surface area contributed by atoms with E-state index in [1.54, 1.807) is 29.3 Å². The highest BCUT2D eigenvalue weighted by Gasteiger charge is 2.54. The van der Waals surface area contributed by atoms with Crippen LogP contribution in [0.25, 0.3) is 0 Å². The molecule has 7 nitrogen and oxygen atoms in total. The molecule has 28 heavy (non-hydrogen) atoms. The van der Waals surface area contributed by atoms with Crippen molar-refractivity contribution in [2.75, 3.05) is 17.0 Å². The van der Waals surface area contributed by atoms with Crippen LogP contribution in [-0.2, 0) is 14.4 Å². The number of carbonyl (C=O) groups excluding carboxylic acids is 3. The van der Waals surface area contributed by atoms with E-state index in [0.717, 1.165) is 16.2 Å². The molecule has 2 aromatic carbocycles. The minimum Gasteiger partial charge on any atom is -0.495 e. The molecule has 2 aliphatic heterocycles. The number of anilines is 2. The van der Waals surface area contributed by atoms with Crippen LogP contribution in [0.15, 0.2) is 59.8 Å². The molecule has 0 spiro atoms. The molecule has 0 saturated carbocycles. The first kappa shape index (κ1) is 17.8. The second-order valence-electron chi connectivity index (χ2n) is 6.67. The van der Waals surface area contributed by atoms with Gasteiger partial charge in [-0.25, -0.2) is 4.90 Å². The average molecular weight is 377 g/mol. The van der Waals surface area contributed by atoms with Gasteiger partial charge in [0.05, 0.1) is 24.1 Å². The Morgan fingerprint density at radius 2 is 1.68 bits per heavy atom. The van der Waals surface area contributed by atoms with Crippen LogP contribution in [0.2, 0.25) is 0 Å². The summed E-state index contributed by atoms with van der Waals surface area (Å²) in [6, 6.07) is 13.4. The van der Waals surface area contributed by atoms with E-state index in [9.17, 15) is 14.4 Å². The second kappa shape index (κ2) is 6.53. The molecular weight excluding hydrogens is 358 g/mol. The number of methoxy groups -OCH3 is 1. The second-order valence-corrected chi connectivity index (χ2v) is 6.67. The van der Waals surface area contributed by atoms with E-state index in [4.69, 9.17) is 4.74 Å². The Morgan fingerprint density at radius 1 is 1.04 bits per heavy atom. The van der Waals surface area contributed by atoms with Gasteiger partial charge >= 0.3 is 0 Å². The largest absolute Gasteiger partial charge is 0.495 e. The Morgan fingerprint density at radius 3 is 2.32 bits per heavy atom. The van der Waals surface area contributed by atoms with Gasteiger partial charge in [-0.2, -0.15) is 0 Å². The maximum Gasteiger partial charge on any atom is 0.266 e. The number of carbonyl (C=O) groups is 3. The fourth-order valence-corrected chi connectivity index (χ4v) is 3.66. The Labute approximate surface area is 162 Å². The SMILES string of the molecule is COc1ccccc1N1C(=O)C2=C(C(C)=O)NN(c3ccccc3C)C2C1=O. The van der Waals surface area contributed by atoms with E-state index in [-0.39, 0.29) is 17.1 Å². The molecule has 2 aliphatic rings. The lowest BCUT2D eigenvalue weighted by molar-refractivity contribution is -0.121. The van der Waals surface area contributed by atoms with E-state index in [1.165, 1.54) is 14.0 Å². The first-order valence-electron chi connectivity index (χ1n) is 8.83. The monoisotopic (exact) mass is 377 g/mol. The highest BCUT2D eigenvalue weighted by molar-refractivity contribution is 6.34. The van der Waals surface area contributed by atoms with E-state index < -0.39 is 17.9 Å². The molecule has 1 fully saturated rings. The minimum absolute atomic E-state index is 0.143. The molecule has 2 heterocycles. The summed E-state index contributed by atoms with van der Waals surface area (Å²) in [6.07, 6.45) is 0. The lowest BCUT2D eigenvalue weighted by Crippen LogP contribution is -2.46. The average Bonchev–Trinajstić information content (AvgIpc) is 3.19. The molecule has 1 atom stereocenters. The molecule has 0 radical (unpaired) electrons. The maximum absolute atomic E-state index is 13.4. The van der Waals surface area contributed by atoms with Crippen molar-refractivity contribution < 1.29 is 19.1 Å². The number of rotatable bonds is 4. The molecule has 4 rings (SSSR count). The predicted molar refractivity (Wildman–Crippen MR) is 104 cm³/mol. The summed E-state index contributed by atoms with van der Waals surface area (Å²) >= 11 is 0. The third-order valence-corrected chi connectivity index (χ3v) is 4.97. The highest BCUT2D eigenvalue weighted by Crippen LogP contribution is 2.40. The fraction of sp³-hybridized carbons (Fsp3) is 0.190. The predicted octanol–water partition coefficient (Wildman–Crippen LogP) is 2.11. The maximum atomic E-state index is 13.4. The van der Waals surface area contributed by atoms with E-state index in [2.05, 4.69) is 5.43 Å². The van der Waals surface area contributed by atoms with Crippen molar-refractivity contribution in [1.29, 1.82) is 0 Å². The van der Waals surface area contributed by atoms with Gasteiger partial charge in [-0.1, -0.05) is 30.3 Å². The van der Waals surface area contributed by atoms with Gasteiger partial charge < -0.3 is 4.74 Å². The number of hydrazine groups is 1. The van der Waals surface area contributed by atoms with Crippen LogP contribution < -0.4 is 20.1 Å². The first-order chi connectivity index (χ1) is 13.5. The van der Waals surface area contributed by atoms with Crippen molar-refractivity contribution in [3.05, 3.63) is 65.4 Å². The summed E-state index contributed by atoms with van der Waals surface area (Å²) < 4.78 is 5.32. The van der Waals surface area contributed by atoms with Crippen molar-refractivity contribution >= 4 is 29.0 Å². The van der Waals surface area contributed by atoms with Crippen LogP contribution in [0.3, 0.4) is 0 Å². The van der Waals surface area contributed by atoms with Crippen LogP contribution in [0.5, 0.6) is 5.75 Å². The van der Waals surface area contributed by atoms with Crippen molar-refractivity contribution in [3.8, 4) is 5.75 Å². The summed E-state index contributed by atoms with van der Waals surface area (Å²) in [5.74, 6) is -0.853. The van der Waals surface area contributed by atoms with E-state index in [0.29, 0.717) is 11.4 Å². The van der Waals surface area contributed by atoms with Gasteiger partial charge in [0.2, 0.25) is 0 Å². The number of nitrogens with zero attached hydrogens (tertiary/aromatic N) is 2. The van der Waals surface area contributed by atoms with Crippen molar-refractivity contribution in [2.24, 2.45) is 0 Å². The van der Waals surface area contributed by atoms with Gasteiger partial charge in [0.1, 0.15) is 11.4 Å². The van der Waals surface area contributed by atoms with Gasteiger partial charge in [-0.3, -0.25) is 24.8 Å². The number of aryl methyl sites for hydroxylation is 1. The Kier molecular flexibility index (Phi) is 4.15. The summed E-state index contributed by atoms with van der Waals surface area (Å²) in [5.41, 5.74) is 5.27. The molecule has 1 unspecified atom stereocenters. The zero-order valence-corrected chi connectivity index (χ0v) is 15.7. The van der Waals surface area contributed by atoms with Crippen molar-refractivity contribution in [3.63, 3.8) is 0 Å². The third-order valence-electron chi connectivity index (χ3n) is 4.97. The number of benzene rings is 2. The number of Topliss-reactive ketones (excluding diaryl/α,β-unsaturated/α-hetero) is 1. The number of nitrogens with one attached hydrogen (secondary N) is 1. The Balaban J connectivity index is 1.86. The lowest BCUT2D eigenvalue weighted by Gasteiger charge is -2.27. The van der Waals surface area contributed by atoms with E-state index >= 15 is 0 Å². The lowest BCUT2D eigenvalue weighted by atomic mass is 10.1. The zero-order chi connectivity index (χ0) is 20.0.